The molecule has 0 saturated heterocycles. The Morgan fingerprint density at radius 3 is 2.00 bits per heavy atom. The van der Waals surface area contributed by atoms with Gasteiger partial charge in [-0.05, 0) is 5.04 Å². The molecule has 86 valence electrons. The molecule has 0 spiro atoms. The van der Waals surface area contributed by atoms with E-state index in [-0.39, 0.29) is 0 Å². The Balaban J connectivity index is 4.43. The summed E-state index contributed by atoms with van der Waals surface area (Å²) >= 11 is 0. The molecular formula is C6H13F3O3SSi. The zero-order valence-corrected chi connectivity index (χ0v) is 10.4. The van der Waals surface area contributed by atoms with Gasteiger partial charge in [-0.2, -0.15) is 21.6 Å². The molecule has 0 rings (SSSR count). The first kappa shape index (κ1) is 13.9. The van der Waals surface area contributed by atoms with Gasteiger partial charge in [0.25, 0.3) is 0 Å². The van der Waals surface area contributed by atoms with Crippen molar-refractivity contribution in [3.63, 3.8) is 0 Å². The van der Waals surface area contributed by atoms with Crippen LogP contribution in [0.1, 0.15) is 27.2 Å². The second kappa shape index (κ2) is 4.19. The molecule has 0 aliphatic rings. The van der Waals surface area contributed by atoms with Crippen LogP contribution < -0.4 is 0 Å². The van der Waals surface area contributed by atoms with Crippen molar-refractivity contribution in [1.29, 1.82) is 0 Å². The van der Waals surface area contributed by atoms with Crippen molar-refractivity contribution in [2.75, 3.05) is 0 Å². The van der Waals surface area contributed by atoms with Crippen LogP contribution in [0.25, 0.3) is 0 Å². The normalized spacial score (nSPS) is 15.3. The maximum absolute atomic E-state index is 11.8. The van der Waals surface area contributed by atoms with Gasteiger partial charge in [0, 0.05) is 0 Å². The third kappa shape index (κ3) is 3.97. The van der Waals surface area contributed by atoms with Crippen LogP contribution in [0.15, 0.2) is 0 Å². The summed E-state index contributed by atoms with van der Waals surface area (Å²) in [5.41, 5.74) is -5.30. The molecule has 0 saturated carbocycles. The first-order valence-corrected chi connectivity index (χ1v) is 6.67. The fourth-order valence-electron chi connectivity index (χ4n) is 0.406. The summed E-state index contributed by atoms with van der Waals surface area (Å²) in [6.07, 6.45) is 0.590. The van der Waals surface area contributed by atoms with E-state index in [2.05, 4.69) is 3.87 Å². The maximum Gasteiger partial charge on any atom is 0.522 e. The van der Waals surface area contributed by atoms with Crippen LogP contribution >= 0.6 is 0 Å². The molecule has 0 aliphatic carbocycles. The van der Waals surface area contributed by atoms with Gasteiger partial charge in [0.1, 0.15) is 0 Å². The second-order valence-electron chi connectivity index (χ2n) is 3.68. The van der Waals surface area contributed by atoms with Crippen molar-refractivity contribution in [3.8, 4) is 0 Å². The van der Waals surface area contributed by atoms with Crippen molar-refractivity contribution in [1.82, 2.24) is 0 Å². The van der Waals surface area contributed by atoms with E-state index >= 15 is 0 Å². The third-order valence-electron chi connectivity index (χ3n) is 1.85. The Morgan fingerprint density at radius 2 is 1.71 bits per heavy atom. The fourth-order valence-corrected chi connectivity index (χ4v) is 3.04. The molecule has 0 aromatic rings. The quantitative estimate of drug-likeness (QED) is 0.561. The van der Waals surface area contributed by atoms with Crippen LogP contribution in [-0.4, -0.2) is 23.7 Å². The molecule has 0 atom stereocenters. The molecule has 0 N–H and O–H groups in total. The van der Waals surface area contributed by atoms with Gasteiger partial charge in [0.15, 0.2) is 9.76 Å². The topological polar surface area (TPSA) is 43.4 Å². The highest BCUT2D eigenvalue weighted by atomic mass is 32.2. The smallest absolute Gasteiger partial charge is 0.315 e. The SMILES string of the molecule is CCC(C)(C)[SiH2]OS(=O)(=O)C(F)(F)F. The first-order chi connectivity index (χ1) is 6.02. The molecule has 0 aromatic carbocycles. The van der Waals surface area contributed by atoms with Crippen LogP contribution in [0.5, 0.6) is 0 Å². The molecule has 0 fully saturated rings. The van der Waals surface area contributed by atoms with Crippen LogP contribution in [0.4, 0.5) is 13.2 Å². The van der Waals surface area contributed by atoms with E-state index in [1.807, 2.05) is 0 Å². The summed E-state index contributed by atoms with van der Waals surface area (Å²) in [6.45, 7) is 5.15. The Labute approximate surface area is 83.7 Å². The Morgan fingerprint density at radius 1 is 1.29 bits per heavy atom. The lowest BCUT2D eigenvalue weighted by Gasteiger charge is -2.21. The van der Waals surface area contributed by atoms with E-state index in [4.69, 9.17) is 0 Å². The van der Waals surface area contributed by atoms with Crippen LogP contribution in [0.3, 0.4) is 0 Å². The van der Waals surface area contributed by atoms with Crippen molar-refractivity contribution >= 4 is 19.9 Å². The third-order valence-corrected chi connectivity index (χ3v) is 5.41. The lowest BCUT2D eigenvalue weighted by molar-refractivity contribution is -0.0500. The van der Waals surface area contributed by atoms with Gasteiger partial charge in [0.05, 0.1) is 0 Å². The molecule has 3 nitrogen and oxygen atoms in total. The zero-order valence-electron chi connectivity index (χ0n) is 8.18. The fraction of sp³-hybridized carbons (Fsp3) is 1.00. The second-order valence-corrected chi connectivity index (χ2v) is 8.20. The minimum absolute atomic E-state index is 0.446. The van der Waals surface area contributed by atoms with Crippen molar-refractivity contribution < 1.29 is 25.5 Å². The molecule has 0 aromatic heterocycles. The Kier molecular flexibility index (Phi) is 4.17. The lowest BCUT2D eigenvalue weighted by Crippen LogP contribution is -2.29. The van der Waals surface area contributed by atoms with E-state index < -0.39 is 30.4 Å². The maximum atomic E-state index is 11.8. The summed E-state index contributed by atoms with van der Waals surface area (Å²) < 4.78 is 60.5. The molecular weight excluding hydrogens is 237 g/mol. The van der Waals surface area contributed by atoms with Gasteiger partial charge in [-0.1, -0.05) is 27.2 Å². The molecule has 14 heavy (non-hydrogen) atoms. The van der Waals surface area contributed by atoms with Gasteiger partial charge >= 0.3 is 15.6 Å². The average Bonchev–Trinajstić information content (AvgIpc) is 1.99. The number of rotatable bonds is 4. The van der Waals surface area contributed by atoms with Crippen LogP contribution in [0, 0.1) is 0 Å². The monoisotopic (exact) mass is 250 g/mol. The zero-order chi connectivity index (χ0) is 11.6. The summed E-state index contributed by atoms with van der Waals surface area (Å²) in [5.74, 6) is 0. The molecule has 0 heterocycles. The summed E-state index contributed by atoms with van der Waals surface area (Å²) in [4.78, 5) is 0. The Hall–Kier alpha value is -0.0831. The summed E-state index contributed by atoms with van der Waals surface area (Å²) in [5, 5.41) is -0.446. The molecule has 0 bridgehead atoms. The average molecular weight is 250 g/mol. The minimum atomic E-state index is -5.38. The van der Waals surface area contributed by atoms with E-state index in [1.54, 1.807) is 20.8 Å². The number of halogens is 3. The molecule has 0 radical (unpaired) electrons. The molecule has 0 amide bonds. The van der Waals surface area contributed by atoms with Gasteiger partial charge < -0.3 is 3.87 Å². The van der Waals surface area contributed by atoms with Crippen molar-refractivity contribution in [3.05, 3.63) is 0 Å². The molecule has 0 aliphatic heterocycles. The largest absolute Gasteiger partial charge is 0.522 e. The van der Waals surface area contributed by atoms with Gasteiger partial charge in [-0.25, -0.2) is 0 Å². The van der Waals surface area contributed by atoms with Crippen LogP contribution in [0.2, 0.25) is 5.04 Å². The Bertz CT molecular complexity index is 283. The van der Waals surface area contributed by atoms with Crippen molar-refractivity contribution in [2.24, 2.45) is 0 Å². The highest BCUT2D eigenvalue weighted by Crippen LogP contribution is 2.30. The lowest BCUT2D eigenvalue weighted by atomic mass is 10.1. The first-order valence-electron chi connectivity index (χ1n) is 3.97. The van der Waals surface area contributed by atoms with E-state index in [9.17, 15) is 21.6 Å². The van der Waals surface area contributed by atoms with E-state index in [0.29, 0.717) is 6.42 Å². The minimum Gasteiger partial charge on any atom is -0.315 e. The van der Waals surface area contributed by atoms with Crippen molar-refractivity contribution in [2.45, 2.75) is 37.7 Å². The highest BCUT2D eigenvalue weighted by Gasteiger charge is 2.47. The van der Waals surface area contributed by atoms with Gasteiger partial charge in [-0.3, -0.25) is 0 Å². The van der Waals surface area contributed by atoms with Gasteiger partial charge in [-0.15, -0.1) is 0 Å². The number of hydrogen-bond acceptors (Lipinski definition) is 3. The predicted molar refractivity (Wildman–Crippen MR) is 48.9 cm³/mol. The summed E-state index contributed by atoms with van der Waals surface area (Å²) in [7, 11) is -7.13. The van der Waals surface area contributed by atoms with Gasteiger partial charge in [0.2, 0.25) is 0 Å². The number of alkyl halides is 3. The predicted octanol–water partition coefficient (Wildman–Crippen LogP) is 1.54. The van der Waals surface area contributed by atoms with Crippen LogP contribution in [-0.2, 0) is 14.0 Å². The molecule has 0 unspecified atom stereocenters. The molecule has 8 heteroatoms. The van der Waals surface area contributed by atoms with E-state index in [0.717, 1.165) is 0 Å². The summed E-state index contributed by atoms with van der Waals surface area (Å²) in [6, 6.07) is 0. The van der Waals surface area contributed by atoms with E-state index in [1.165, 1.54) is 0 Å². The highest BCUT2D eigenvalue weighted by molar-refractivity contribution is 7.88. The number of hydrogen-bond donors (Lipinski definition) is 0. The standard InChI is InChI=1S/C6H13F3O3SSi/c1-4-5(2,3)14-12-13(10,11)6(7,8)9/h4,14H2,1-3H3.